The fourth-order valence-electron chi connectivity index (χ4n) is 3.89. The van der Waals surface area contributed by atoms with Crippen molar-refractivity contribution >= 4 is 11.6 Å². The molecule has 0 unspecified atom stereocenters. The van der Waals surface area contributed by atoms with Gasteiger partial charge in [0.1, 0.15) is 23.6 Å². The Hall–Kier alpha value is -3.07. The van der Waals surface area contributed by atoms with E-state index >= 15 is 0 Å². The number of rotatable bonds is 4. The molecule has 0 radical (unpaired) electrons. The Balaban J connectivity index is 1.58. The van der Waals surface area contributed by atoms with Gasteiger partial charge in [-0.2, -0.15) is 4.98 Å². The third-order valence-electron chi connectivity index (χ3n) is 5.21. The van der Waals surface area contributed by atoms with Crippen LogP contribution < -0.4 is 9.80 Å². The first-order valence-electron chi connectivity index (χ1n) is 9.81. The highest BCUT2D eigenvalue weighted by Gasteiger charge is 2.31. The number of aromatic nitrogens is 6. The van der Waals surface area contributed by atoms with Crippen LogP contribution in [-0.2, 0) is 0 Å². The topological polar surface area (TPSA) is 96.1 Å². The molecule has 9 heteroatoms. The zero-order chi connectivity index (χ0) is 20.5. The van der Waals surface area contributed by atoms with Gasteiger partial charge in [0.05, 0.1) is 0 Å². The average Bonchev–Trinajstić information content (AvgIpc) is 3.13. The van der Waals surface area contributed by atoms with E-state index in [4.69, 9.17) is 4.98 Å². The third kappa shape index (κ3) is 3.77. The molecule has 0 amide bonds. The number of piperazine rings is 1. The van der Waals surface area contributed by atoms with Crippen molar-refractivity contribution in [3.05, 3.63) is 48.6 Å². The fraction of sp³-hybridized carbons (Fsp3) is 0.450. The van der Waals surface area contributed by atoms with Crippen LogP contribution in [0.3, 0.4) is 0 Å². The molecule has 0 saturated carbocycles. The molecule has 1 saturated heterocycles. The van der Waals surface area contributed by atoms with Crippen LogP contribution in [0.5, 0.6) is 0 Å². The number of aliphatic hydroxyl groups excluding tert-OH is 1. The molecule has 0 bridgehead atoms. The maximum atomic E-state index is 9.79. The normalized spacial score (nSPS) is 20.7. The van der Waals surface area contributed by atoms with Crippen molar-refractivity contribution in [3.8, 4) is 5.95 Å². The Morgan fingerprint density at radius 1 is 0.966 bits per heavy atom. The third-order valence-corrected chi connectivity index (χ3v) is 5.21. The Labute approximate surface area is 170 Å². The molecule has 1 fully saturated rings. The Kier molecular flexibility index (Phi) is 5.14. The average molecular weight is 394 g/mol. The van der Waals surface area contributed by atoms with E-state index in [1.165, 1.54) is 0 Å². The lowest BCUT2D eigenvalue weighted by Crippen LogP contribution is -2.57. The maximum absolute atomic E-state index is 9.79. The minimum atomic E-state index is -0.683. The summed E-state index contributed by atoms with van der Waals surface area (Å²) in [6.07, 6.45) is 6.43. The Morgan fingerprint density at radius 2 is 1.66 bits per heavy atom. The first-order valence-corrected chi connectivity index (χ1v) is 9.81. The maximum Gasteiger partial charge on any atom is 0.237 e. The molecule has 4 rings (SSSR count). The van der Waals surface area contributed by atoms with Crippen LogP contribution in [-0.4, -0.2) is 59.8 Å². The molecule has 1 aliphatic rings. The minimum absolute atomic E-state index is 0.218. The summed E-state index contributed by atoms with van der Waals surface area (Å²) >= 11 is 0. The van der Waals surface area contributed by atoms with Crippen LogP contribution in [0.1, 0.15) is 38.5 Å². The summed E-state index contributed by atoms with van der Waals surface area (Å²) in [5, 5.41) is 9.79. The molecule has 152 valence electrons. The molecule has 9 nitrogen and oxygen atoms in total. The van der Waals surface area contributed by atoms with Gasteiger partial charge < -0.3 is 14.9 Å². The predicted octanol–water partition coefficient (Wildman–Crippen LogP) is 1.92. The lowest BCUT2D eigenvalue weighted by atomic mass is 10.1. The first-order chi connectivity index (χ1) is 13.9. The van der Waals surface area contributed by atoms with Crippen molar-refractivity contribution in [2.45, 2.75) is 45.9 Å². The van der Waals surface area contributed by atoms with Gasteiger partial charge in [0.2, 0.25) is 5.95 Å². The molecule has 0 spiro atoms. The van der Waals surface area contributed by atoms with Crippen molar-refractivity contribution in [3.63, 3.8) is 0 Å². The number of hydrogen-bond acceptors (Lipinski definition) is 8. The molecular weight excluding hydrogens is 368 g/mol. The number of anilines is 2. The number of imidazole rings is 1. The van der Waals surface area contributed by atoms with E-state index < -0.39 is 6.10 Å². The van der Waals surface area contributed by atoms with E-state index in [1.54, 1.807) is 25.5 Å². The second-order valence-corrected chi connectivity index (χ2v) is 7.52. The van der Waals surface area contributed by atoms with Gasteiger partial charge in [-0.1, -0.05) is 0 Å². The van der Waals surface area contributed by atoms with E-state index in [9.17, 15) is 5.11 Å². The van der Waals surface area contributed by atoms with E-state index in [2.05, 4.69) is 43.6 Å². The van der Waals surface area contributed by atoms with Crippen molar-refractivity contribution < 1.29 is 5.11 Å². The predicted molar refractivity (Wildman–Crippen MR) is 110 cm³/mol. The molecule has 0 aromatic carbocycles. The molecular formula is C20H26N8O. The van der Waals surface area contributed by atoms with Crippen molar-refractivity contribution in [1.29, 1.82) is 0 Å². The van der Waals surface area contributed by atoms with Gasteiger partial charge in [0.25, 0.3) is 0 Å². The summed E-state index contributed by atoms with van der Waals surface area (Å²) in [6.45, 7) is 9.57. The summed E-state index contributed by atoms with van der Waals surface area (Å²) in [4.78, 5) is 26.7. The smallest absolute Gasteiger partial charge is 0.237 e. The van der Waals surface area contributed by atoms with Gasteiger partial charge in [-0.25, -0.2) is 19.9 Å². The van der Waals surface area contributed by atoms with Crippen molar-refractivity contribution in [2.24, 2.45) is 0 Å². The monoisotopic (exact) mass is 394 g/mol. The zero-order valence-electron chi connectivity index (χ0n) is 17.1. The lowest BCUT2D eigenvalue weighted by molar-refractivity contribution is 0.189. The molecule has 1 N–H and O–H groups in total. The lowest BCUT2D eigenvalue weighted by Gasteiger charge is -2.45. The number of aryl methyl sites for hydroxylation is 1. The number of aliphatic hydroxyl groups is 1. The Morgan fingerprint density at radius 3 is 2.31 bits per heavy atom. The van der Waals surface area contributed by atoms with Gasteiger partial charge in [-0.3, -0.25) is 4.57 Å². The molecule has 1 aliphatic heterocycles. The quantitative estimate of drug-likeness (QED) is 0.717. The molecule has 3 atom stereocenters. The highest BCUT2D eigenvalue weighted by molar-refractivity contribution is 5.48. The summed E-state index contributed by atoms with van der Waals surface area (Å²) < 4.78 is 1.88. The standard InChI is InChI=1S/C20H26N8O/c1-13-11-26(17-5-7-22-19(24-17)15(3)29)12-14(2)28(13)18-6-8-23-20(25-18)27-10-9-21-16(27)4/h5-10,13-15,29H,11-12H2,1-4H3/t13-,14+,15-/m1/s1. The minimum Gasteiger partial charge on any atom is -0.385 e. The van der Waals surface area contributed by atoms with Gasteiger partial charge in [-0.05, 0) is 39.8 Å². The second-order valence-electron chi connectivity index (χ2n) is 7.52. The van der Waals surface area contributed by atoms with Crippen molar-refractivity contribution in [1.82, 2.24) is 29.5 Å². The molecule has 0 aliphatic carbocycles. The fourth-order valence-corrected chi connectivity index (χ4v) is 3.89. The molecule has 3 aromatic rings. The molecule has 29 heavy (non-hydrogen) atoms. The summed E-state index contributed by atoms with van der Waals surface area (Å²) in [5.74, 6) is 3.66. The van der Waals surface area contributed by atoms with E-state index in [0.29, 0.717) is 11.8 Å². The number of hydrogen-bond donors (Lipinski definition) is 1. The van der Waals surface area contributed by atoms with Crippen LogP contribution in [0.25, 0.3) is 5.95 Å². The molecule has 3 aromatic heterocycles. The number of nitrogens with zero attached hydrogens (tertiary/aromatic N) is 8. The summed E-state index contributed by atoms with van der Waals surface area (Å²) in [7, 11) is 0. The van der Waals surface area contributed by atoms with Crippen LogP contribution in [0.15, 0.2) is 36.9 Å². The SMILES string of the molecule is Cc1nccn1-c1nccc(N2[C@H](C)CN(c3ccnc([C@@H](C)O)n3)C[C@@H]2C)n1. The van der Waals surface area contributed by atoms with Crippen LogP contribution in [0, 0.1) is 6.92 Å². The van der Waals surface area contributed by atoms with Gasteiger partial charge in [-0.15, -0.1) is 0 Å². The van der Waals surface area contributed by atoms with Crippen LogP contribution in [0.4, 0.5) is 11.6 Å². The first kappa shape index (κ1) is 19.3. The van der Waals surface area contributed by atoms with Gasteiger partial charge in [0, 0.05) is 50.0 Å². The van der Waals surface area contributed by atoms with Crippen LogP contribution in [0.2, 0.25) is 0 Å². The highest BCUT2D eigenvalue weighted by Crippen LogP contribution is 2.26. The van der Waals surface area contributed by atoms with Gasteiger partial charge in [0.15, 0.2) is 5.82 Å². The van der Waals surface area contributed by atoms with Crippen molar-refractivity contribution in [2.75, 3.05) is 22.9 Å². The van der Waals surface area contributed by atoms with E-state index in [1.807, 2.05) is 29.8 Å². The summed E-state index contributed by atoms with van der Waals surface area (Å²) in [5.41, 5.74) is 0. The second kappa shape index (κ2) is 7.75. The highest BCUT2D eigenvalue weighted by atomic mass is 16.3. The zero-order valence-corrected chi connectivity index (χ0v) is 17.1. The van der Waals surface area contributed by atoms with E-state index in [-0.39, 0.29) is 12.1 Å². The Bertz CT molecular complexity index is 976. The summed E-state index contributed by atoms with van der Waals surface area (Å²) in [6, 6.07) is 4.28. The van der Waals surface area contributed by atoms with Gasteiger partial charge >= 0.3 is 0 Å². The van der Waals surface area contributed by atoms with E-state index in [0.717, 1.165) is 30.5 Å². The molecule has 4 heterocycles. The largest absolute Gasteiger partial charge is 0.385 e. The van der Waals surface area contributed by atoms with Crippen LogP contribution >= 0.6 is 0 Å².